The van der Waals surface area contributed by atoms with Crippen molar-refractivity contribution in [3.8, 4) is 0 Å². The molecular formula is C17H17BrClN. The second-order valence-electron chi connectivity index (χ2n) is 5.39. The zero-order valence-electron chi connectivity index (χ0n) is 11.2. The molecule has 0 saturated heterocycles. The maximum atomic E-state index is 6.16. The Bertz CT molecular complexity index is 576. The predicted molar refractivity (Wildman–Crippen MR) is 88.2 cm³/mol. The van der Waals surface area contributed by atoms with E-state index < -0.39 is 0 Å². The molecule has 3 heteroatoms. The molecule has 1 fully saturated rings. The molecule has 104 valence electrons. The molecule has 0 aliphatic heterocycles. The molecule has 1 aliphatic rings. The molecule has 2 aromatic rings. The molecule has 1 aliphatic carbocycles. The van der Waals surface area contributed by atoms with E-state index in [1.54, 1.807) is 0 Å². The number of hydrogen-bond acceptors (Lipinski definition) is 1. The zero-order chi connectivity index (χ0) is 13.9. The largest absolute Gasteiger partial charge is 0.310 e. The third-order valence-corrected chi connectivity index (χ3v) is 4.92. The second-order valence-corrected chi connectivity index (χ2v) is 6.71. The standard InChI is InChI=1S/C17H17BrClN/c18-15-7-5-12(6-8-15)14-9-16(10-14)20-11-13-3-1-2-4-17(13)19/h1-8,14,16,20H,9-11H2. The van der Waals surface area contributed by atoms with Gasteiger partial charge in [-0.3, -0.25) is 0 Å². The highest BCUT2D eigenvalue weighted by Crippen LogP contribution is 2.37. The summed E-state index contributed by atoms with van der Waals surface area (Å²) in [6, 6.07) is 17.3. The average Bonchev–Trinajstić information content (AvgIpc) is 2.41. The maximum absolute atomic E-state index is 6.16. The van der Waals surface area contributed by atoms with Crippen LogP contribution in [0.5, 0.6) is 0 Å². The summed E-state index contributed by atoms with van der Waals surface area (Å²) < 4.78 is 1.15. The van der Waals surface area contributed by atoms with Gasteiger partial charge in [-0.15, -0.1) is 0 Å². The molecule has 2 aromatic carbocycles. The highest BCUT2D eigenvalue weighted by molar-refractivity contribution is 9.10. The molecule has 0 heterocycles. The Morgan fingerprint density at radius 2 is 1.75 bits per heavy atom. The number of nitrogens with one attached hydrogen (secondary N) is 1. The van der Waals surface area contributed by atoms with Crippen molar-refractivity contribution in [1.82, 2.24) is 5.32 Å². The lowest BCUT2D eigenvalue weighted by Crippen LogP contribution is -2.39. The fourth-order valence-corrected chi connectivity index (χ4v) is 3.15. The van der Waals surface area contributed by atoms with E-state index >= 15 is 0 Å². The Kier molecular flexibility index (Phi) is 4.45. The second kappa shape index (κ2) is 6.30. The van der Waals surface area contributed by atoms with Crippen molar-refractivity contribution in [2.24, 2.45) is 0 Å². The lowest BCUT2D eigenvalue weighted by molar-refractivity contribution is 0.289. The van der Waals surface area contributed by atoms with E-state index in [2.05, 4.69) is 51.6 Å². The van der Waals surface area contributed by atoms with Crippen LogP contribution >= 0.6 is 27.5 Å². The van der Waals surface area contributed by atoms with Crippen LogP contribution in [0.3, 0.4) is 0 Å². The third kappa shape index (κ3) is 3.25. The maximum Gasteiger partial charge on any atom is 0.0450 e. The molecule has 0 radical (unpaired) electrons. The van der Waals surface area contributed by atoms with Gasteiger partial charge in [-0.25, -0.2) is 0 Å². The molecule has 0 amide bonds. The van der Waals surface area contributed by atoms with E-state index in [-0.39, 0.29) is 0 Å². The topological polar surface area (TPSA) is 12.0 Å². The summed E-state index contributed by atoms with van der Waals surface area (Å²) in [5.41, 5.74) is 2.63. The summed E-state index contributed by atoms with van der Waals surface area (Å²) in [5.74, 6) is 0.701. The summed E-state index contributed by atoms with van der Waals surface area (Å²) in [6.07, 6.45) is 2.43. The smallest absolute Gasteiger partial charge is 0.0450 e. The summed E-state index contributed by atoms with van der Waals surface area (Å²) in [6.45, 7) is 0.859. The van der Waals surface area contributed by atoms with Gasteiger partial charge >= 0.3 is 0 Å². The fraction of sp³-hybridized carbons (Fsp3) is 0.294. The first kappa shape index (κ1) is 14.1. The van der Waals surface area contributed by atoms with Gasteiger partial charge in [-0.1, -0.05) is 57.9 Å². The fourth-order valence-electron chi connectivity index (χ4n) is 2.69. The van der Waals surface area contributed by atoms with Gasteiger partial charge in [0, 0.05) is 22.1 Å². The first-order valence-corrected chi connectivity index (χ1v) is 8.12. The van der Waals surface area contributed by atoms with Gasteiger partial charge in [0.15, 0.2) is 0 Å². The Balaban J connectivity index is 1.49. The average molecular weight is 351 g/mol. The van der Waals surface area contributed by atoms with Crippen molar-refractivity contribution in [2.45, 2.75) is 31.3 Å². The lowest BCUT2D eigenvalue weighted by Gasteiger charge is -2.36. The highest BCUT2D eigenvalue weighted by Gasteiger charge is 2.29. The molecule has 3 rings (SSSR count). The minimum Gasteiger partial charge on any atom is -0.310 e. The zero-order valence-corrected chi connectivity index (χ0v) is 13.5. The van der Waals surface area contributed by atoms with Crippen LogP contribution in [-0.2, 0) is 6.54 Å². The van der Waals surface area contributed by atoms with Gasteiger partial charge in [0.25, 0.3) is 0 Å². The van der Waals surface area contributed by atoms with Crippen LogP contribution in [0, 0.1) is 0 Å². The Morgan fingerprint density at radius 3 is 2.45 bits per heavy atom. The van der Waals surface area contributed by atoms with Crippen LogP contribution < -0.4 is 5.32 Å². The van der Waals surface area contributed by atoms with Gasteiger partial charge in [0.2, 0.25) is 0 Å². The Hall–Kier alpha value is -0.830. The quantitative estimate of drug-likeness (QED) is 0.805. The van der Waals surface area contributed by atoms with Gasteiger partial charge in [0.05, 0.1) is 0 Å². The molecular weight excluding hydrogens is 334 g/mol. The summed E-state index contributed by atoms with van der Waals surface area (Å²) in [4.78, 5) is 0. The van der Waals surface area contributed by atoms with Crippen LogP contribution in [0.4, 0.5) is 0 Å². The number of hydrogen-bond donors (Lipinski definition) is 1. The predicted octanol–water partition coefficient (Wildman–Crippen LogP) is 5.14. The van der Waals surface area contributed by atoms with Crippen molar-refractivity contribution in [3.63, 3.8) is 0 Å². The summed E-state index contributed by atoms with van der Waals surface area (Å²) in [5, 5.41) is 4.44. The molecule has 20 heavy (non-hydrogen) atoms. The van der Waals surface area contributed by atoms with Crippen molar-refractivity contribution in [3.05, 3.63) is 69.2 Å². The first-order chi connectivity index (χ1) is 9.72. The lowest BCUT2D eigenvalue weighted by atomic mass is 9.76. The molecule has 0 bridgehead atoms. The Morgan fingerprint density at radius 1 is 1.05 bits per heavy atom. The molecule has 1 saturated carbocycles. The molecule has 0 aromatic heterocycles. The van der Waals surface area contributed by atoms with Gasteiger partial charge in [-0.05, 0) is 48.1 Å². The van der Waals surface area contributed by atoms with E-state index in [0.29, 0.717) is 12.0 Å². The van der Waals surface area contributed by atoms with Gasteiger partial charge < -0.3 is 5.32 Å². The van der Waals surface area contributed by atoms with Crippen molar-refractivity contribution >= 4 is 27.5 Å². The summed E-state index contributed by atoms with van der Waals surface area (Å²) >= 11 is 9.64. The SMILES string of the molecule is Clc1ccccc1CNC1CC(c2ccc(Br)cc2)C1. The van der Waals surface area contributed by atoms with Crippen LogP contribution in [0.25, 0.3) is 0 Å². The number of halogens is 2. The molecule has 1 nitrogen and oxygen atoms in total. The molecule has 0 spiro atoms. The van der Waals surface area contributed by atoms with Gasteiger partial charge in [0.1, 0.15) is 0 Å². The van der Waals surface area contributed by atoms with Crippen molar-refractivity contribution in [1.29, 1.82) is 0 Å². The van der Waals surface area contributed by atoms with E-state index in [0.717, 1.165) is 16.0 Å². The third-order valence-electron chi connectivity index (χ3n) is 4.02. The highest BCUT2D eigenvalue weighted by atomic mass is 79.9. The van der Waals surface area contributed by atoms with E-state index in [9.17, 15) is 0 Å². The van der Waals surface area contributed by atoms with Crippen LogP contribution in [0.1, 0.15) is 29.9 Å². The van der Waals surface area contributed by atoms with Crippen LogP contribution in [0.15, 0.2) is 53.0 Å². The molecule has 1 N–H and O–H groups in total. The minimum atomic E-state index is 0.611. The van der Waals surface area contributed by atoms with E-state index in [1.807, 2.05) is 18.2 Å². The summed E-state index contributed by atoms with van der Waals surface area (Å²) in [7, 11) is 0. The van der Waals surface area contributed by atoms with Crippen molar-refractivity contribution in [2.75, 3.05) is 0 Å². The normalized spacial score (nSPS) is 21.5. The van der Waals surface area contributed by atoms with E-state index in [1.165, 1.54) is 24.0 Å². The van der Waals surface area contributed by atoms with E-state index in [4.69, 9.17) is 11.6 Å². The number of rotatable bonds is 4. The molecule has 0 unspecified atom stereocenters. The monoisotopic (exact) mass is 349 g/mol. The molecule has 0 atom stereocenters. The van der Waals surface area contributed by atoms with Crippen LogP contribution in [-0.4, -0.2) is 6.04 Å². The van der Waals surface area contributed by atoms with Gasteiger partial charge in [-0.2, -0.15) is 0 Å². The Labute approximate surface area is 133 Å². The van der Waals surface area contributed by atoms with Crippen LogP contribution in [0.2, 0.25) is 5.02 Å². The minimum absolute atomic E-state index is 0.611. The first-order valence-electron chi connectivity index (χ1n) is 6.94. The van der Waals surface area contributed by atoms with Crippen molar-refractivity contribution < 1.29 is 0 Å². The number of benzene rings is 2.